The van der Waals surface area contributed by atoms with Crippen molar-refractivity contribution in [1.29, 1.82) is 0 Å². The summed E-state index contributed by atoms with van der Waals surface area (Å²) in [6.07, 6.45) is 7.22. The van der Waals surface area contributed by atoms with Gasteiger partial charge in [0.05, 0.1) is 7.11 Å². The summed E-state index contributed by atoms with van der Waals surface area (Å²) in [5.74, 6) is 0.650. The molecule has 0 bridgehead atoms. The van der Waals surface area contributed by atoms with E-state index in [4.69, 9.17) is 25.8 Å². The minimum absolute atomic E-state index is 0.0790. The van der Waals surface area contributed by atoms with Gasteiger partial charge in [-0.3, -0.25) is 14.3 Å². The highest BCUT2D eigenvalue weighted by Crippen LogP contribution is 2.36. The molecule has 202 valence electrons. The molecule has 0 spiro atoms. The average molecular weight is 562 g/mol. The zero-order chi connectivity index (χ0) is 27.5. The van der Waals surface area contributed by atoms with Crippen LogP contribution in [-0.4, -0.2) is 65.5 Å². The molecule has 4 rings (SSSR count). The van der Waals surface area contributed by atoms with Gasteiger partial charge in [0.15, 0.2) is 11.5 Å². The van der Waals surface area contributed by atoms with Crippen LogP contribution in [0, 0.1) is 0 Å². The highest BCUT2D eigenvalue weighted by molar-refractivity contribution is 7.93. The second kappa shape index (κ2) is 11.1. The summed E-state index contributed by atoms with van der Waals surface area (Å²) in [5, 5.41) is 10.9. The van der Waals surface area contributed by atoms with Gasteiger partial charge in [0, 0.05) is 50.1 Å². The van der Waals surface area contributed by atoms with E-state index in [1.807, 2.05) is 0 Å². The maximum absolute atomic E-state index is 13.7. The van der Waals surface area contributed by atoms with E-state index >= 15 is 0 Å². The summed E-state index contributed by atoms with van der Waals surface area (Å²) in [7, 11) is 0.347. The van der Waals surface area contributed by atoms with Crippen LogP contribution < -0.4 is 10.0 Å². The number of hydrogen-bond acceptors (Lipinski definition) is 10. The molecule has 3 atom stereocenters. The Morgan fingerprint density at radius 3 is 2.55 bits per heavy atom. The van der Waals surface area contributed by atoms with E-state index in [-0.39, 0.29) is 11.1 Å². The summed E-state index contributed by atoms with van der Waals surface area (Å²) in [4.78, 5) is 8.21. The third-order valence-corrected chi connectivity index (χ3v) is 8.11. The van der Waals surface area contributed by atoms with Gasteiger partial charge in [-0.25, -0.2) is 13.4 Å². The Hall–Kier alpha value is -3.52. The minimum atomic E-state index is -4.10. The van der Waals surface area contributed by atoms with Gasteiger partial charge in [0.2, 0.25) is 16.0 Å². The van der Waals surface area contributed by atoms with Crippen molar-refractivity contribution in [2.24, 2.45) is 0 Å². The number of nitrogens with one attached hydrogen (secondary N) is 2. The molecule has 3 aromatic heterocycles. The molecule has 4 heterocycles. The quantitative estimate of drug-likeness (QED) is 0.354. The summed E-state index contributed by atoms with van der Waals surface area (Å²) in [6.45, 7) is 3.30. The zero-order valence-electron chi connectivity index (χ0n) is 21.4. The number of hydrogen-bond donors (Lipinski definition) is 2. The van der Waals surface area contributed by atoms with Gasteiger partial charge in [-0.2, -0.15) is 0 Å². The monoisotopic (exact) mass is 561 g/mol. The van der Waals surface area contributed by atoms with Crippen molar-refractivity contribution in [3.05, 3.63) is 71.6 Å². The van der Waals surface area contributed by atoms with Crippen molar-refractivity contribution in [2.75, 3.05) is 26.1 Å². The smallest absolute Gasteiger partial charge is 0.243 e. The Balaban J connectivity index is 1.84. The van der Waals surface area contributed by atoms with Gasteiger partial charge in [0.25, 0.3) is 0 Å². The first-order valence-electron chi connectivity index (χ1n) is 11.5. The van der Waals surface area contributed by atoms with Crippen LogP contribution in [0.5, 0.6) is 0 Å². The zero-order valence-corrected chi connectivity index (χ0v) is 23.0. The van der Waals surface area contributed by atoms with Gasteiger partial charge < -0.3 is 19.5 Å². The highest BCUT2D eigenvalue weighted by Gasteiger charge is 2.39. The van der Waals surface area contributed by atoms with Crippen molar-refractivity contribution in [1.82, 2.24) is 30.0 Å². The second-order valence-corrected chi connectivity index (χ2v) is 10.9. The fourth-order valence-electron chi connectivity index (χ4n) is 4.08. The average Bonchev–Trinajstić information content (AvgIpc) is 3.32. The van der Waals surface area contributed by atoms with Crippen LogP contribution in [0.25, 0.3) is 17.1 Å². The summed E-state index contributed by atoms with van der Waals surface area (Å²) in [6, 6.07) is 6.76. The van der Waals surface area contributed by atoms with Crippen molar-refractivity contribution in [3.63, 3.8) is 0 Å². The first kappa shape index (κ1) is 27.5. The molecular formula is C24H28ClN7O5S. The predicted molar refractivity (Wildman–Crippen MR) is 142 cm³/mol. The molecule has 0 radical (unpaired) electrons. The van der Waals surface area contributed by atoms with E-state index in [9.17, 15) is 8.42 Å². The van der Waals surface area contributed by atoms with Crippen LogP contribution in [0.3, 0.4) is 0 Å². The molecule has 2 N–H and O–H groups in total. The normalized spacial score (nSPS) is 19.1. The van der Waals surface area contributed by atoms with Gasteiger partial charge in [-0.05, 0) is 38.1 Å². The first-order valence-corrected chi connectivity index (χ1v) is 13.4. The number of halogens is 1. The number of anilines is 1. The van der Waals surface area contributed by atoms with Crippen molar-refractivity contribution < 1.29 is 22.6 Å². The third-order valence-electron chi connectivity index (χ3n) is 6.20. The lowest BCUT2D eigenvalue weighted by Crippen LogP contribution is -2.46. The van der Waals surface area contributed by atoms with Crippen LogP contribution >= 0.6 is 11.6 Å². The minimum Gasteiger partial charge on any atom is -0.495 e. The van der Waals surface area contributed by atoms with Gasteiger partial charge in [-0.15, -0.1) is 10.2 Å². The molecule has 0 saturated carbocycles. The van der Waals surface area contributed by atoms with E-state index in [1.54, 1.807) is 55.9 Å². The van der Waals surface area contributed by atoms with Gasteiger partial charge >= 0.3 is 0 Å². The SMILES string of the molecule is COC1=C(n2c(NS(=O)(=O)[C@@H](C)[C@H](OC)c3ccc(Cl)nc3)nnc2-c2cccnc2)C(C)(OC)NC=C1. The number of ether oxygens (including phenoxy) is 3. The Morgan fingerprint density at radius 1 is 1.16 bits per heavy atom. The lowest BCUT2D eigenvalue weighted by molar-refractivity contribution is 0.0309. The molecule has 1 aliphatic rings. The van der Waals surface area contributed by atoms with E-state index in [0.29, 0.717) is 28.4 Å². The van der Waals surface area contributed by atoms with E-state index in [2.05, 4.69) is 30.2 Å². The third kappa shape index (κ3) is 5.23. The number of nitrogens with zero attached hydrogens (tertiary/aromatic N) is 5. The molecule has 0 saturated heterocycles. The van der Waals surface area contributed by atoms with E-state index in [0.717, 1.165) is 0 Å². The van der Waals surface area contributed by atoms with Gasteiger partial charge in [0.1, 0.15) is 28.0 Å². The molecule has 1 unspecified atom stereocenters. The number of aromatic nitrogens is 5. The maximum atomic E-state index is 13.7. The number of rotatable bonds is 10. The molecule has 14 heteroatoms. The Kier molecular flexibility index (Phi) is 8.02. The fourth-order valence-corrected chi connectivity index (χ4v) is 5.36. The summed E-state index contributed by atoms with van der Waals surface area (Å²) in [5.41, 5.74) is 0.432. The number of pyridine rings is 2. The number of allylic oxidation sites excluding steroid dienone is 1. The molecule has 3 aromatic rings. The lowest BCUT2D eigenvalue weighted by Gasteiger charge is -2.36. The molecular weight excluding hydrogens is 534 g/mol. The molecule has 0 amide bonds. The predicted octanol–water partition coefficient (Wildman–Crippen LogP) is 3.20. The van der Waals surface area contributed by atoms with Crippen LogP contribution in [-0.2, 0) is 24.2 Å². The first-order chi connectivity index (χ1) is 18.1. The Morgan fingerprint density at radius 2 is 1.95 bits per heavy atom. The van der Waals surface area contributed by atoms with Crippen LogP contribution in [0.15, 0.2) is 60.9 Å². The molecule has 38 heavy (non-hydrogen) atoms. The van der Waals surface area contributed by atoms with Crippen LogP contribution in [0.1, 0.15) is 25.5 Å². The van der Waals surface area contributed by atoms with Crippen molar-refractivity contribution in [2.45, 2.75) is 30.9 Å². The Labute approximate surface area is 225 Å². The standard InChI is InChI=1S/C24H28ClN7O5S/c1-15(20(36-4)16-8-9-19(25)27-14-16)38(33,34)31-23-30-29-22(17-7-6-11-26-13-17)32(23)21-18(35-3)10-12-28-24(21,2)37-5/h6-15,20,28H,1-5H3,(H,30,31)/t15-,20-,24?/m0/s1. The lowest BCUT2D eigenvalue weighted by atomic mass is 10.1. The molecule has 0 fully saturated rings. The van der Waals surface area contributed by atoms with E-state index < -0.39 is 27.1 Å². The number of dihydropyridines is 1. The molecule has 12 nitrogen and oxygen atoms in total. The van der Waals surface area contributed by atoms with Crippen molar-refractivity contribution >= 4 is 33.3 Å². The summed E-state index contributed by atoms with van der Waals surface area (Å²) >= 11 is 5.90. The summed E-state index contributed by atoms with van der Waals surface area (Å²) < 4.78 is 48.4. The topological polar surface area (TPSA) is 142 Å². The highest BCUT2D eigenvalue weighted by atomic mass is 35.5. The largest absolute Gasteiger partial charge is 0.495 e. The van der Waals surface area contributed by atoms with Crippen LogP contribution in [0.4, 0.5) is 5.95 Å². The second-order valence-electron chi connectivity index (χ2n) is 8.48. The van der Waals surface area contributed by atoms with Crippen LogP contribution in [0.2, 0.25) is 5.15 Å². The molecule has 1 aliphatic heterocycles. The number of sulfonamides is 1. The molecule has 0 aromatic carbocycles. The van der Waals surface area contributed by atoms with E-state index in [1.165, 1.54) is 39.0 Å². The maximum Gasteiger partial charge on any atom is 0.243 e. The van der Waals surface area contributed by atoms with Gasteiger partial charge in [-0.1, -0.05) is 17.7 Å². The molecule has 0 aliphatic carbocycles. The van der Waals surface area contributed by atoms with Crippen molar-refractivity contribution in [3.8, 4) is 11.4 Å². The number of methoxy groups -OCH3 is 3. The fraction of sp³-hybridized carbons (Fsp3) is 0.333. The Bertz CT molecular complexity index is 1440.